The summed E-state index contributed by atoms with van der Waals surface area (Å²) in [4.78, 5) is 1.09. The summed E-state index contributed by atoms with van der Waals surface area (Å²) in [6.07, 6.45) is 2.41. The van der Waals surface area contributed by atoms with E-state index < -0.39 is 0 Å². The van der Waals surface area contributed by atoms with E-state index in [0.717, 1.165) is 28.5 Å². The average Bonchev–Trinajstić information content (AvgIpc) is 3.09. The summed E-state index contributed by atoms with van der Waals surface area (Å²) in [6.45, 7) is 0. The SMILES string of the molecule is COc1cccc(Cc2snnc2-c2ccco2)c1. The largest absolute Gasteiger partial charge is 0.497 e. The van der Waals surface area contributed by atoms with Crippen molar-refractivity contribution in [1.82, 2.24) is 9.59 Å². The molecule has 0 aliphatic rings. The maximum atomic E-state index is 5.38. The molecule has 2 heterocycles. The van der Waals surface area contributed by atoms with Crippen molar-refractivity contribution in [2.24, 2.45) is 0 Å². The van der Waals surface area contributed by atoms with Crippen molar-refractivity contribution in [2.75, 3.05) is 7.11 Å². The zero-order valence-electron chi connectivity index (χ0n) is 10.4. The van der Waals surface area contributed by atoms with Crippen molar-refractivity contribution in [1.29, 1.82) is 0 Å². The quantitative estimate of drug-likeness (QED) is 0.730. The molecule has 0 saturated heterocycles. The average molecular weight is 272 g/mol. The van der Waals surface area contributed by atoms with Gasteiger partial charge in [0.25, 0.3) is 0 Å². The lowest BCUT2D eigenvalue weighted by atomic mass is 10.1. The third-order valence-electron chi connectivity index (χ3n) is 2.81. The molecule has 5 heteroatoms. The van der Waals surface area contributed by atoms with E-state index in [9.17, 15) is 0 Å². The van der Waals surface area contributed by atoms with Crippen LogP contribution in [-0.4, -0.2) is 16.7 Å². The van der Waals surface area contributed by atoms with Gasteiger partial charge >= 0.3 is 0 Å². The van der Waals surface area contributed by atoms with Crippen molar-refractivity contribution in [2.45, 2.75) is 6.42 Å². The molecule has 0 aliphatic heterocycles. The Balaban J connectivity index is 1.89. The van der Waals surface area contributed by atoms with E-state index in [-0.39, 0.29) is 0 Å². The van der Waals surface area contributed by atoms with E-state index >= 15 is 0 Å². The molecular weight excluding hydrogens is 260 g/mol. The minimum Gasteiger partial charge on any atom is -0.497 e. The molecule has 19 heavy (non-hydrogen) atoms. The molecule has 0 bridgehead atoms. The van der Waals surface area contributed by atoms with Crippen LogP contribution in [-0.2, 0) is 6.42 Å². The van der Waals surface area contributed by atoms with E-state index in [1.807, 2.05) is 30.3 Å². The summed E-state index contributed by atoms with van der Waals surface area (Å²) in [5, 5.41) is 4.14. The van der Waals surface area contributed by atoms with Gasteiger partial charge in [-0.1, -0.05) is 16.6 Å². The molecule has 3 rings (SSSR count). The van der Waals surface area contributed by atoms with Gasteiger partial charge in [0.15, 0.2) is 5.76 Å². The summed E-state index contributed by atoms with van der Waals surface area (Å²) in [5.41, 5.74) is 1.98. The van der Waals surface area contributed by atoms with Gasteiger partial charge in [-0.25, -0.2) is 0 Å². The highest BCUT2D eigenvalue weighted by Gasteiger charge is 2.13. The molecule has 0 saturated carbocycles. The Morgan fingerprint density at radius 2 is 2.21 bits per heavy atom. The maximum absolute atomic E-state index is 5.38. The van der Waals surface area contributed by atoms with Gasteiger partial charge in [-0.15, -0.1) is 5.10 Å². The molecule has 0 spiro atoms. The van der Waals surface area contributed by atoms with Crippen LogP contribution in [0.3, 0.4) is 0 Å². The first-order valence-corrected chi connectivity index (χ1v) is 6.62. The lowest BCUT2D eigenvalue weighted by Crippen LogP contribution is -1.90. The molecule has 0 fully saturated rings. The van der Waals surface area contributed by atoms with Crippen molar-refractivity contribution in [3.63, 3.8) is 0 Å². The van der Waals surface area contributed by atoms with Crippen molar-refractivity contribution >= 4 is 11.5 Å². The summed E-state index contributed by atoms with van der Waals surface area (Å²) in [7, 11) is 1.67. The Bertz CT molecular complexity index is 662. The van der Waals surface area contributed by atoms with Gasteiger partial charge in [0, 0.05) is 6.42 Å². The lowest BCUT2D eigenvalue weighted by molar-refractivity contribution is 0.414. The Morgan fingerprint density at radius 3 is 3.00 bits per heavy atom. The molecule has 0 unspecified atom stereocenters. The fourth-order valence-corrected chi connectivity index (χ4v) is 2.57. The second kappa shape index (κ2) is 5.24. The molecule has 0 radical (unpaired) electrons. The van der Waals surface area contributed by atoms with Gasteiger partial charge in [0.05, 0.1) is 18.3 Å². The van der Waals surface area contributed by atoms with Crippen LogP contribution in [0.4, 0.5) is 0 Å². The van der Waals surface area contributed by atoms with E-state index in [1.54, 1.807) is 13.4 Å². The van der Waals surface area contributed by atoms with E-state index in [0.29, 0.717) is 0 Å². The van der Waals surface area contributed by atoms with Crippen LogP contribution < -0.4 is 4.74 Å². The molecule has 0 atom stereocenters. The van der Waals surface area contributed by atoms with Gasteiger partial charge in [0.1, 0.15) is 11.4 Å². The third kappa shape index (κ3) is 2.51. The number of furan rings is 1. The Morgan fingerprint density at radius 1 is 1.26 bits per heavy atom. The highest BCUT2D eigenvalue weighted by Crippen LogP contribution is 2.27. The van der Waals surface area contributed by atoms with Crippen molar-refractivity contribution in [3.05, 3.63) is 53.1 Å². The van der Waals surface area contributed by atoms with Crippen molar-refractivity contribution in [3.8, 4) is 17.2 Å². The van der Waals surface area contributed by atoms with E-state index in [1.165, 1.54) is 17.1 Å². The molecule has 0 amide bonds. The summed E-state index contributed by atoms with van der Waals surface area (Å²) in [6, 6.07) is 11.7. The van der Waals surface area contributed by atoms with Gasteiger partial charge < -0.3 is 9.15 Å². The molecule has 0 aliphatic carbocycles. The second-order valence-corrected chi connectivity index (χ2v) is 4.89. The van der Waals surface area contributed by atoms with E-state index in [4.69, 9.17) is 9.15 Å². The van der Waals surface area contributed by atoms with Crippen LogP contribution in [0.5, 0.6) is 5.75 Å². The minimum atomic E-state index is 0.756. The number of nitrogens with zero attached hydrogens (tertiary/aromatic N) is 2. The Kier molecular flexibility index (Phi) is 3.29. The highest BCUT2D eigenvalue weighted by atomic mass is 32.1. The van der Waals surface area contributed by atoms with Crippen LogP contribution in [0.2, 0.25) is 0 Å². The number of hydrogen-bond donors (Lipinski definition) is 0. The van der Waals surface area contributed by atoms with E-state index in [2.05, 4.69) is 15.7 Å². The van der Waals surface area contributed by atoms with Gasteiger partial charge in [-0.2, -0.15) is 0 Å². The summed E-state index contributed by atoms with van der Waals surface area (Å²) < 4.78 is 14.6. The third-order valence-corrected chi connectivity index (χ3v) is 3.53. The predicted molar refractivity (Wildman–Crippen MR) is 73.4 cm³/mol. The number of ether oxygens (including phenoxy) is 1. The van der Waals surface area contributed by atoms with Crippen LogP contribution in [0.1, 0.15) is 10.4 Å². The fourth-order valence-electron chi connectivity index (χ4n) is 1.89. The number of hydrogen-bond acceptors (Lipinski definition) is 5. The first kappa shape index (κ1) is 11.9. The second-order valence-electron chi connectivity index (χ2n) is 4.05. The Labute approximate surface area is 114 Å². The number of aromatic nitrogens is 2. The molecule has 0 N–H and O–H groups in total. The smallest absolute Gasteiger partial charge is 0.155 e. The number of methoxy groups -OCH3 is 1. The highest BCUT2D eigenvalue weighted by molar-refractivity contribution is 7.06. The predicted octanol–water partition coefficient (Wildman–Crippen LogP) is 3.40. The summed E-state index contributed by atoms with van der Waals surface area (Å²) in [5.74, 6) is 1.61. The van der Waals surface area contributed by atoms with Crippen LogP contribution in [0, 0.1) is 0 Å². The van der Waals surface area contributed by atoms with Crippen LogP contribution in [0.15, 0.2) is 47.1 Å². The fraction of sp³-hybridized carbons (Fsp3) is 0.143. The molecular formula is C14H12N2O2S. The monoisotopic (exact) mass is 272 g/mol. The molecule has 1 aromatic carbocycles. The number of rotatable bonds is 4. The van der Waals surface area contributed by atoms with Crippen LogP contribution >= 0.6 is 11.5 Å². The zero-order valence-corrected chi connectivity index (χ0v) is 11.2. The first-order chi connectivity index (χ1) is 9.36. The maximum Gasteiger partial charge on any atom is 0.155 e. The first-order valence-electron chi connectivity index (χ1n) is 5.85. The zero-order chi connectivity index (χ0) is 13.1. The van der Waals surface area contributed by atoms with Crippen LogP contribution in [0.25, 0.3) is 11.5 Å². The molecule has 2 aromatic heterocycles. The summed E-state index contributed by atoms with van der Waals surface area (Å²) >= 11 is 1.39. The topological polar surface area (TPSA) is 48.2 Å². The van der Waals surface area contributed by atoms with Gasteiger partial charge in [0.2, 0.25) is 0 Å². The lowest BCUT2D eigenvalue weighted by Gasteiger charge is -2.03. The molecule has 3 aromatic rings. The minimum absolute atomic E-state index is 0.756. The van der Waals surface area contributed by atoms with Crippen molar-refractivity contribution < 1.29 is 9.15 Å². The number of benzene rings is 1. The Hall–Kier alpha value is -2.14. The van der Waals surface area contributed by atoms with Gasteiger partial charge in [-0.3, -0.25) is 0 Å². The normalized spacial score (nSPS) is 10.6. The molecule has 96 valence electrons. The van der Waals surface area contributed by atoms with Gasteiger partial charge in [-0.05, 0) is 41.4 Å². The molecule has 4 nitrogen and oxygen atoms in total. The standard InChI is InChI=1S/C14H12N2O2S/c1-17-11-5-2-4-10(8-11)9-13-14(15-16-19-13)12-6-3-7-18-12/h2-8H,9H2,1H3.